The van der Waals surface area contributed by atoms with Crippen LogP contribution in [0.4, 0.5) is 13.2 Å². The van der Waals surface area contributed by atoms with Crippen LogP contribution in [0.1, 0.15) is 80.9 Å². The highest BCUT2D eigenvalue weighted by atomic mass is 19.2. The first kappa shape index (κ1) is 20.7. The Labute approximate surface area is 166 Å². The van der Waals surface area contributed by atoms with Gasteiger partial charge in [-0.05, 0) is 67.3 Å². The van der Waals surface area contributed by atoms with Crippen LogP contribution in [-0.2, 0) is 0 Å². The third-order valence-corrected chi connectivity index (χ3v) is 5.99. The smallest absolute Gasteiger partial charge is 0.166 e. The summed E-state index contributed by atoms with van der Waals surface area (Å²) >= 11 is 0. The fourth-order valence-electron chi connectivity index (χ4n) is 4.22. The average molecular weight is 387 g/mol. The van der Waals surface area contributed by atoms with Gasteiger partial charge in [-0.3, -0.25) is 0 Å². The predicted octanol–water partition coefficient (Wildman–Crippen LogP) is 8.44. The Balaban J connectivity index is 1.62. The van der Waals surface area contributed by atoms with Crippen LogP contribution in [0, 0.1) is 11.7 Å². The molecule has 0 bridgehead atoms. The zero-order valence-electron chi connectivity index (χ0n) is 16.6. The van der Waals surface area contributed by atoms with Crippen LogP contribution >= 0.6 is 0 Å². The fraction of sp³-hybridized carbons (Fsp3) is 0.440. The molecule has 0 heterocycles. The van der Waals surface area contributed by atoms with Crippen molar-refractivity contribution in [2.45, 2.75) is 64.2 Å². The largest absolute Gasteiger partial charge is 0.207 e. The lowest BCUT2D eigenvalue weighted by atomic mass is 9.77. The van der Waals surface area contributed by atoms with Crippen molar-refractivity contribution in [2.24, 2.45) is 5.92 Å². The SMILES string of the molecule is CCCCCC1CCC(c2ccc(/C(F)=C(\F)c3ccc(F)cc3)cc2)CC1. The number of benzene rings is 2. The lowest BCUT2D eigenvalue weighted by Crippen LogP contribution is -2.13. The molecule has 0 aliphatic heterocycles. The maximum absolute atomic E-state index is 14.5. The topological polar surface area (TPSA) is 0 Å². The molecule has 0 unspecified atom stereocenters. The van der Waals surface area contributed by atoms with Crippen LogP contribution in [0.3, 0.4) is 0 Å². The Kier molecular flexibility index (Phi) is 7.36. The van der Waals surface area contributed by atoms with E-state index in [2.05, 4.69) is 6.92 Å². The van der Waals surface area contributed by atoms with Crippen molar-refractivity contribution in [3.8, 4) is 0 Å². The van der Waals surface area contributed by atoms with Gasteiger partial charge in [-0.15, -0.1) is 0 Å². The van der Waals surface area contributed by atoms with Gasteiger partial charge < -0.3 is 0 Å². The second-order valence-corrected chi connectivity index (χ2v) is 7.97. The highest BCUT2D eigenvalue weighted by Crippen LogP contribution is 2.38. The van der Waals surface area contributed by atoms with E-state index in [0.717, 1.165) is 18.1 Å². The van der Waals surface area contributed by atoms with Crippen LogP contribution in [0.5, 0.6) is 0 Å². The van der Waals surface area contributed by atoms with Gasteiger partial charge in [0.1, 0.15) is 5.82 Å². The van der Waals surface area contributed by atoms with Crippen molar-refractivity contribution in [1.29, 1.82) is 0 Å². The summed E-state index contributed by atoms with van der Waals surface area (Å²) in [6, 6.07) is 11.9. The zero-order chi connectivity index (χ0) is 19.9. The third kappa shape index (κ3) is 5.27. The number of halogens is 3. The van der Waals surface area contributed by atoms with E-state index in [0.29, 0.717) is 5.92 Å². The molecule has 2 aromatic rings. The van der Waals surface area contributed by atoms with E-state index in [4.69, 9.17) is 0 Å². The summed E-state index contributed by atoms with van der Waals surface area (Å²) in [6.45, 7) is 2.24. The van der Waals surface area contributed by atoms with Crippen molar-refractivity contribution < 1.29 is 13.2 Å². The first-order chi connectivity index (χ1) is 13.6. The molecular formula is C25H29F3. The zero-order valence-corrected chi connectivity index (χ0v) is 16.6. The molecule has 0 N–H and O–H groups in total. The van der Waals surface area contributed by atoms with Crippen molar-refractivity contribution in [3.05, 3.63) is 71.0 Å². The van der Waals surface area contributed by atoms with E-state index in [-0.39, 0.29) is 11.1 Å². The average Bonchev–Trinajstić information content (AvgIpc) is 2.74. The molecule has 150 valence electrons. The molecule has 1 aliphatic carbocycles. The molecule has 1 aliphatic rings. The molecule has 28 heavy (non-hydrogen) atoms. The lowest BCUT2D eigenvalue weighted by molar-refractivity contribution is 0.303. The maximum atomic E-state index is 14.5. The minimum atomic E-state index is -0.958. The summed E-state index contributed by atoms with van der Waals surface area (Å²) in [6.07, 6.45) is 10.2. The first-order valence-corrected chi connectivity index (χ1v) is 10.5. The van der Waals surface area contributed by atoms with Gasteiger partial charge in [0.15, 0.2) is 11.7 Å². The predicted molar refractivity (Wildman–Crippen MR) is 111 cm³/mol. The quantitative estimate of drug-likeness (QED) is 0.331. The summed E-state index contributed by atoms with van der Waals surface area (Å²) in [4.78, 5) is 0. The van der Waals surface area contributed by atoms with Gasteiger partial charge in [0, 0.05) is 11.1 Å². The lowest BCUT2D eigenvalue weighted by Gasteiger charge is -2.29. The van der Waals surface area contributed by atoms with Crippen LogP contribution in [0.2, 0.25) is 0 Å². The molecule has 1 fully saturated rings. The third-order valence-electron chi connectivity index (χ3n) is 5.99. The van der Waals surface area contributed by atoms with Gasteiger partial charge in [0.05, 0.1) is 0 Å². The first-order valence-electron chi connectivity index (χ1n) is 10.5. The van der Waals surface area contributed by atoms with Crippen LogP contribution in [0.15, 0.2) is 48.5 Å². The number of unbranched alkanes of at least 4 members (excludes halogenated alkanes) is 2. The molecule has 2 aromatic carbocycles. The molecule has 0 aromatic heterocycles. The van der Waals surface area contributed by atoms with E-state index < -0.39 is 17.5 Å². The second-order valence-electron chi connectivity index (χ2n) is 7.97. The van der Waals surface area contributed by atoms with Gasteiger partial charge in [0.25, 0.3) is 0 Å². The van der Waals surface area contributed by atoms with Crippen molar-refractivity contribution >= 4 is 11.7 Å². The maximum Gasteiger partial charge on any atom is 0.166 e. The Morgan fingerprint density at radius 2 is 1.32 bits per heavy atom. The molecule has 0 spiro atoms. The number of hydrogen-bond donors (Lipinski definition) is 0. The summed E-state index contributed by atoms with van der Waals surface area (Å²) in [5.74, 6) is -0.961. The molecule has 0 radical (unpaired) electrons. The Bertz CT molecular complexity index is 766. The number of rotatable bonds is 7. The van der Waals surface area contributed by atoms with Crippen molar-refractivity contribution in [1.82, 2.24) is 0 Å². The number of hydrogen-bond acceptors (Lipinski definition) is 0. The van der Waals surface area contributed by atoms with Crippen LogP contribution in [0.25, 0.3) is 11.7 Å². The molecule has 0 atom stereocenters. The Hall–Kier alpha value is -2.03. The summed E-state index contributed by atoms with van der Waals surface area (Å²) in [7, 11) is 0. The highest BCUT2D eigenvalue weighted by Gasteiger charge is 2.22. The molecule has 1 saturated carbocycles. The molecule has 0 amide bonds. The van der Waals surface area contributed by atoms with E-state index >= 15 is 0 Å². The molecule has 0 nitrogen and oxygen atoms in total. The Morgan fingerprint density at radius 3 is 1.86 bits per heavy atom. The standard InChI is InChI=1S/C25H29F3/c1-2-3-4-5-18-6-8-19(9-7-18)20-10-12-21(13-11-20)24(27)25(28)22-14-16-23(26)17-15-22/h10-19H,2-9H2,1H3/b25-24+. The minimum absolute atomic E-state index is 0.0457. The highest BCUT2D eigenvalue weighted by molar-refractivity contribution is 5.83. The summed E-state index contributed by atoms with van der Waals surface area (Å²) in [5, 5.41) is 0. The minimum Gasteiger partial charge on any atom is -0.207 e. The van der Waals surface area contributed by atoms with Crippen molar-refractivity contribution in [2.75, 3.05) is 0 Å². The van der Waals surface area contributed by atoms with Crippen LogP contribution < -0.4 is 0 Å². The monoisotopic (exact) mass is 386 g/mol. The molecule has 3 heteroatoms. The normalized spacial score (nSPS) is 20.7. The van der Waals surface area contributed by atoms with E-state index in [1.807, 2.05) is 12.1 Å². The summed E-state index contributed by atoms with van der Waals surface area (Å²) in [5.41, 5.74) is 1.48. The van der Waals surface area contributed by atoms with E-state index in [1.54, 1.807) is 12.1 Å². The molecule has 3 rings (SSSR count). The van der Waals surface area contributed by atoms with Gasteiger partial charge in [-0.25, -0.2) is 13.2 Å². The second kappa shape index (κ2) is 9.95. The molecular weight excluding hydrogens is 357 g/mol. The van der Waals surface area contributed by atoms with Crippen molar-refractivity contribution in [3.63, 3.8) is 0 Å². The van der Waals surface area contributed by atoms with Gasteiger partial charge >= 0.3 is 0 Å². The fourth-order valence-corrected chi connectivity index (χ4v) is 4.22. The van der Waals surface area contributed by atoms with Crippen LogP contribution in [-0.4, -0.2) is 0 Å². The van der Waals surface area contributed by atoms with Gasteiger partial charge in [-0.1, -0.05) is 56.9 Å². The van der Waals surface area contributed by atoms with Gasteiger partial charge in [-0.2, -0.15) is 0 Å². The van der Waals surface area contributed by atoms with E-state index in [1.165, 1.54) is 69.1 Å². The Morgan fingerprint density at radius 1 is 0.786 bits per heavy atom. The van der Waals surface area contributed by atoms with E-state index in [9.17, 15) is 13.2 Å². The summed E-state index contributed by atoms with van der Waals surface area (Å²) < 4.78 is 41.8. The molecule has 0 saturated heterocycles. The van der Waals surface area contributed by atoms with Gasteiger partial charge in [0.2, 0.25) is 0 Å².